The maximum absolute atomic E-state index is 11.6. The first-order valence-electron chi connectivity index (χ1n) is 4.63. The van der Waals surface area contributed by atoms with Crippen LogP contribution in [-0.4, -0.2) is 11.9 Å². The fourth-order valence-electron chi connectivity index (χ4n) is 1.14. The quantitative estimate of drug-likeness (QED) is 0.781. The van der Waals surface area contributed by atoms with Crippen LogP contribution in [0.5, 0.6) is 0 Å². The number of amides is 1. The van der Waals surface area contributed by atoms with Crippen LogP contribution in [0.2, 0.25) is 5.02 Å². The third-order valence-corrected chi connectivity index (χ3v) is 2.16. The van der Waals surface area contributed by atoms with Gasteiger partial charge in [-0.2, -0.15) is 0 Å². The first kappa shape index (κ1) is 11.6. The van der Waals surface area contributed by atoms with Crippen LogP contribution in [-0.2, 0) is 0 Å². The summed E-state index contributed by atoms with van der Waals surface area (Å²) in [4.78, 5) is 11.6. The highest BCUT2D eigenvalue weighted by molar-refractivity contribution is 6.30. The molecule has 0 saturated carbocycles. The van der Waals surface area contributed by atoms with Crippen molar-refractivity contribution in [1.82, 2.24) is 5.32 Å². The van der Waals surface area contributed by atoms with Crippen LogP contribution >= 0.6 is 11.6 Å². The largest absolute Gasteiger partial charge is 0.349 e. The summed E-state index contributed by atoms with van der Waals surface area (Å²) in [6.45, 7) is 1.87. The first-order valence-corrected chi connectivity index (χ1v) is 5.01. The average molecular weight is 222 g/mol. The minimum Gasteiger partial charge on any atom is -0.349 e. The van der Waals surface area contributed by atoms with Gasteiger partial charge in [0.05, 0.1) is 0 Å². The zero-order valence-electron chi connectivity index (χ0n) is 8.46. The summed E-state index contributed by atoms with van der Waals surface area (Å²) >= 11 is 5.71. The Hall–Kier alpha value is -1.46. The van der Waals surface area contributed by atoms with Crippen LogP contribution in [0.3, 0.4) is 0 Å². The molecule has 1 rings (SSSR count). The van der Waals surface area contributed by atoms with Gasteiger partial charge in [-0.25, -0.2) is 0 Å². The Labute approximate surface area is 94.6 Å². The lowest BCUT2D eigenvalue weighted by atomic mass is 10.2. The standard InChI is InChI=1S/C12H12ClNO/c1-3-4-9(2)14-12(15)10-5-7-11(13)8-6-10/h1,5-9H,4H2,2H3,(H,14,15). The van der Waals surface area contributed by atoms with Crippen molar-refractivity contribution >= 4 is 17.5 Å². The molecule has 1 unspecified atom stereocenters. The average Bonchev–Trinajstić information content (AvgIpc) is 2.18. The van der Waals surface area contributed by atoms with Crippen molar-refractivity contribution in [3.63, 3.8) is 0 Å². The minimum absolute atomic E-state index is 0.0156. The van der Waals surface area contributed by atoms with E-state index in [0.29, 0.717) is 17.0 Å². The Kier molecular flexibility index (Phi) is 4.20. The van der Waals surface area contributed by atoms with E-state index >= 15 is 0 Å². The molecule has 0 aromatic heterocycles. The smallest absolute Gasteiger partial charge is 0.251 e. The second kappa shape index (κ2) is 5.43. The number of nitrogens with one attached hydrogen (secondary N) is 1. The van der Waals surface area contributed by atoms with Crippen molar-refractivity contribution in [1.29, 1.82) is 0 Å². The fourth-order valence-corrected chi connectivity index (χ4v) is 1.26. The molecule has 1 amide bonds. The van der Waals surface area contributed by atoms with E-state index in [1.807, 2.05) is 6.92 Å². The van der Waals surface area contributed by atoms with Crippen LogP contribution in [0.15, 0.2) is 24.3 Å². The van der Waals surface area contributed by atoms with Gasteiger partial charge in [-0.05, 0) is 31.2 Å². The maximum Gasteiger partial charge on any atom is 0.251 e. The monoisotopic (exact) mass is 221 g/mol. The lowest BCUT2D eigenvalue weighted by Crippen LogP contribution is -2.32. The van der Waals surface area contributed by atoms with Gasteiger partial charge in [-0.1, -0.05) is 11.6 Å². The maximum atomic E-state index is 11.6. The molecular weight excluding hydrogens is 210 g/mol. The van der Waals surface area contributed by atoms with E-state index in [4.69, 9.17) is 18.0 Å². The third kappa shape index (κ3) is 3.65. The Morgan fingerprint density at radius 2 is 2.13 bits per heavy atom. The van der Waals surface area contributed by atoms with E-state index in [-0.39, 0.29) is 11.9 Å². The molecule has 0 fully saturated rings. The molecule has 0 aliphatic rings. The van der Waals surface area contributed by atoms with E-state index in [0.717, 1.165) is 0 Å². The first-order chi connectivity index (χ1) is 7.13. The molecular formula is C12H12ClNO. The van der Waals surface area contributed by atoms with Crippen LogP contribution < -0.4 is 5.32 Å². The molecule has 3 heteroatoms. The van der Waals surface area contributed by atoms with Crippen molar-refractivity contribution in [2.24, 2.45) is 0 Å². The lowest BCUT2D eigenvalue weighted by Gasteiger charge is -2.10. The van der Waals surface area contributed by atoms with Gasteiger partial charge in [0, 0.05) is 23.0 Å². The second-order valence-corrected chi connectivity index (χ2v) is 3.73. The van der Waals surface area contributed by atoms with E-state index in [1.165, 1.54) is 0 Å². The van der Waals surface area contributed by atoms with Gasteiger partial charge in [0.25, 0.3) is 5.91 Å². The summed E-state index contributed by atoms with van der Waals surface area (Å²) < 4.78 is 0. The van der Waals surface area contributed by atoms with E-state index in [9.17, 15) is 4.79 Å². The number of hydrogen-bond donors (Lipinski definition) is 1. The van der Waals surface area contributed by atoms with E-state index < -0.39 is 0 Å². The SMILES string of the molecule is C#CCC(C)NC(=O)c1ccc(Cl)cc1. The number of carbonyl (C=O) groups excluding carboxylic acids is 1. The normalized spacial score (nSPS) is 11.5. The molecule has 0 saturated heterocycles. The summed E-state index contributed by atoms with van der Waals surface area (Å²) in [5.74, 6) is 2.37. The highest BCUT2D eigenvalue weighted by Crippen LogP contribution is 2.09. The van der Waals surface area contributed by atoms with Crippen molar-refractivity contribution < 1.29 is 4.79 Å². The Bertz CT molecular complexity index is 378. The number of benzene rings is 1. The molecule has 0 bridgehead atoms. The predicted molar refractivity (Wildman–Crippen MR) is 61.8 cm³/mol. The number of halogens is 1. The van der Waals surface area contributed by atoms with Gasteiger partial charge in [-0.15, -0.1) is 12.3 Å². The number of terminal acetylenes is 1. The molecule has 1 aromatic carbocycles. The van der Waals surface area contributed by atoms with Gasteiger partial charge >= 0.3 is 0 Å². The molecule has 0 aliphatic carbocycles. The number of hydrogen-bond acceptors (Lipinski definition) is 1. The van der Waals surface area contributed by atoms with Crippen LogP contribution in [0.25, 0.3) is 0 Å². The van der Waals surface area contributed by atoms with Gasteiger partial charge in [-0.3, -0.25) is 4.79 Å². The highest BCUT2D eigenvalue weighted by Gasteiger charge is 2.08. The topological polar surface area (TPSA) is 29.1 Å². The summed E-state index contributed by atoms with van der Waals surface area (Å²) in [6, 6.07) is 6.71. The molecule has 0 spiro atoms. The van der Waals surface area contributed by atoms with E-state index in [2.05, 4.69) is 11.2 Å². The summed E-state index contributed by atoms with van der Waals surface area (Å²) in [7, 11) is 0. The molecule has 0 aliphatic heterocycles. The molecule has 0 heterocycles. The molecule has 0 radical (unpaired) electrons. The zero-order chi connectivity index (χ0) is 11.3. The molecule has 1 N–H and O–H groups in total. The van der Waals surface area contributed by atoms with Crippen molar-refractivity contribution in [3.05, 3.63) is 34.9 Å². The van der Waals surface area contributed by atoms with Crippen LogP contribution in [0.4, 0.5) is 0 Å². The number of carbonyl (C=O) groups is 1. The summed E-state index contributed by atoms with van der Waals surface area (Å²) in [6.07, 6.45) is 5.67. The molecule has 2 nitrogen and oxygen atoms in total. The van der Waals surface area contributed by atoms with Crippen molar-refractivity contribution in [2.75, 3.05) is 0 Å². The third-order valence-electron chi connectivity index (χ3n) is 1.91. The Morgan fingerprint density at radius 1 is 1.53 bits per heavy atom. The predicted octanol–water partition coefficient (Wildman–Crippen LogP) is 2.48. The lowest BCUT2D eigenvalue weighted by molar-refractivity contribution is 0.0941. The van der Waals surface area contributed by atoms with Crippen molar-refractivity contribution in [3.8, 4) is 12.3 Å². The fraction of sp³-hybridized carbons (Fsp3) is 0.250. The summed E-state index contributed by atoms with van der Waals surface area (Å²) in [5, 5.41) is 3.41. The van der Waals surface area contributed by atoms with Gasteiger partial charge < -0.3 is 5.32 Å². The van der Waals surface area contributed by atoms with Gasteiger partial charge in [0.15, 0.2) is 0 Å². The minimum atomic E-state index is -0.130. The Balaban J connectivity index is 2.62. The number of rotatable bonds is 3. The molecule has 1 atom stereocenters. The molecule has 1 aromatic rings. The van der Waals surface area contributed by atoms with Crippen LogP contribution in [0.1, 0.15) is 23.7 Å². The highest BCUT2D eigenvalue weighted by atomic mass is 35.5. The Morgan fingerprint density at radius 3 is 2.67 bits per heavy atom. The van der Waals surface area contributed by atoms with Crippen LogP contribution in [0, 0.1) is 12.3 Å². The van der Waals surface area contributed by atoms with Gasteiger partial charge in [0.2, 0.25) is 0 Å². The summed E-state index contributed by atoms with van der Waals surface area (Å²) in [5.41, 5.74) is 0.586. The molecule has 15 heavy (non-hydrogen) atoms. The molecule has 78 valence electrons. The second-order valence-electron chi connectivity index (χ2n) is 3.29. The van der Waals surface area contributed by atoms with Crippen molar-refractivity contribution in [2.45, 2.75) is 19.4 Å². The zero-order valence-corrected chi connectivity index (χ0v) is 9.21. The van der Waals surface area contributed by atoms with Gasteiger partial charge in [0.1, 0.15) is 0 Å². The van der Waals surface area contributed by atoms with E-state index in [1.54, 1.807) is 24.3 Å².